The minimum Gasteiger partial charge on any atom is -0.264 e. The number of hydrogen-bond acceptors (Lipinski definition) is 6. The summed E-state index contributed by atoms with van der Waals surface area (Å²) in [5.41, 5.74) is 0.137. The van der Waals surface area contributed by atoms with Crippen LogP contribution in [0.3, 0.4) is 0 Å². The molecule has 9 atom stereocenters. The Morgan fingerprint density at radius 1 is 0.839 bits per heavy atom. The van der Waals surface area contributed by atoms with E-state index in [1.54, 1.807) is 6.92 Å². The van der Waals surface area contributed by atoms with Gasteiger partial charge in [-0.1, -0.05) is 13.8 Å². The Morgan fingerprint density at radius 3 is 2.13 bits per heavy atom. The number of hydrogen-bond donors (Lipinski definition) is 2. The molecule has 4 rings (SSSR count). The molecule has 4 fully saturated rings. The lowest BCUT2D eigenvalue weighted by Gasteiger charge is -2.61. The zero-order chi connectivity index (χ0) is 22.8. The van der Waals surface area contributed by atoms with Gasteiger partial charge in [-0.3, -0.25) is 9.11 Å². The molecule has 0 bridgehead atoms. The van der Waals surface area contributed by atoms with Gasteiger partial charge in [0.1, 0.15) is 0 Å². The second-order valence-corrected chi connectivity index (χ2v) is 13.1. The second-order valence-electron chi connectivity index (χ2n) is 11.0. The van der Waals surface area contributed by atoms with Crippen LogP contribution in [0.25, 0.3) is 0 Å². The van der Waals surface area contributed by atoms with Gasteiger partial charge < -0.3 is 0 Å². The zero-order valence-corrected chi connectivity index (χ0v) is 20.2. The van der Waals surface area contributed by atoms with E-state index in [1.807, 2.05) is 0 Å². The van der Waals surface area contributed by atoms with Crippen molar-refractivity contribution in [2.45, 2.75) is 90.8 Å². The van der Waals surface area contributed by atoms with E-state index in [1.165, 1.54) is 0 Å². The molecule has 0 unspecified atom stereocenters. The third-order valence-electron chi connectivity index (χ3n) is 9.79. The minimum atomic E-state index is -4.47. The predicted molar refractivity (Wildman–Crippen MR) is 114 cm³/mol. The van der Waals surface area contributed by atoms with Crippen LogP contribution in [-0.4, -0.2) is 38.1 Å². The molecule has 0 aromatic heterocycles. The summed E-state index contributed by atoms with van der Waals surface area (Å²) < 4.78 is 73.0. The molecule has 31 heavy (non-hydrogen) atoms. The topological polar surface area (TPSA) is 127 Å². The van der Waals surface area contributed by atoms with Crippen LogP contribution < -0.4 is 0 Å². The molecular formula is C21H36O8S2. The lowest BCUT2D eigenvalue weighted by molar-refractivity contribution is -0.129. The van der Waals surface area contributed by atoms with Gasteiger partial charge in [0.25, 0.3) is 0 Å². The molecule has 0 aromatic carbocycles. The average molecular weight is 481 g/mol. The Kier molecular flexibility index (Phi) is 6.09. The van der Waals surface area contributed by atoms with Crippen LogP contribution in [0, 0.1) is 40.4 Å². The molecule has 0 aliphatic heterocycles. The summed E-state index contributed by atoms with van der Waals surface area (Å²) >= 11 is 0. The van der Waals surface area contributed by atoms with Gasteiger partial charge in [0.05, 0.1) is 12.2 Å². The van der Waals surface area contributed by atoms with Crippen LogP contribution in [0.4, 0.5) is 0 Å². The first-order chi connectivity index (χ1) is 14.2. The van der Waals surface area contributed by atoms with Gasteiger partial charge in [0.2, 0.25) is 0 Å². The quantitative estimate of drug-likeness (QED) is 0.564. The summed E-state index contributed by atoms with van der Waals surface area (Å²) in [5.74, 6) is 2.13. The highest BCUT2D eigenvalue weighted by atomic mass is 32.3. The van der Waals surface area contributed by atoms with Crippen LogP contribution in [0.1, 0.15) is 78.6 Å². The van der Waals surface area contributed by atoms with Gasteiger partial charge in [-0.15, -0.1) is 0 Å². The molecule has 0 spiro atoms. The molecule has 0 aromatic rings. The Morgan fingerprint density at radius 2 is 1.48 bits per heavy atom. The number of fused-ring (bicyclic) bond motifs is 5. The van der Waals surface area contributed by atoms with Gasteiger partial charge in [-0.25, -0.2) is 8.37 Å². The van der Waals surface area contributed by atoms with Crippen molar-refractivity contribution in [2.24, 2.45) is 40.4 Å². The van der Waals surface area contributed by atoms with Crippen LogP contribution in [-0.2, 0) is 29.2 Å². The summed E-state index contributed by atoms with van der Waals surface area (Å²) in [4.78, 5) is 0. The van der Waals surface area contributed by atoms with E-state index in [0.29, 0.717) is 36.5 Å². The molecule has 4 aliphatic rings. The Labute approximate surface area is 186 Å². The van der Waals surface area contributed by atoms with Crippen molar-refractivity contribution in [2.75, 3.05) is 0 Å². The highest BCUT2D eigenvalue weighted by Crippen LogP contribution is 2.68. The summed E-state index contributed by atoms with van der Waals surface area (Å²) in [6.07, 6.45) is 7.38. The maximum Gasteiger partial charge on any atom is 0.397 e. The largest absolute Gasteiger partial charge is 0.397 e. The Bertz CT molecular complexity index is 902. The van der Waals surface area contributed by atoms with Crippen LogP contribution in [0.15, 0.2) is 0 Å². The van der Waals surface area contributed by atoms with E-state index in [2.05, 4.69) is 13.8 Å². The van der Waals surface area contributed by atoms with Crippen molar-refractivity contribution in [1.29, 1.82) is 0 Å². The van der Waals surface area contributed by atoms with Gasteiger partial charge in [-0.05, 0) is 105 Å². The fraction of sp³-hybridized carbons (Fsp3) is 1.00. The van der Waals surface area contributed by atoms with Gasteiger partial charge in [0.15, 0.2) is 0 Å². The fourth-order valence-corrected chi connectivity index (χ4v) is 9.59. The third kappa shape index (κ3) is 4.45. The molecule has 2 N–H and O–H groups in total. The number of rotatable bonds is 5. The van der Waals surface area contributed by atoms with Gasteiger partial charge in [0, 0.05) is 0 Å². The minimum absolute atomic E-state index is 0.000248. The van der Waals surface area contributed by atoms with Crippen molar-refractivity contribution < 1.29 is 34.3 Å². The highest BCUT2D eigenvalue weighted by molar-refractivity contribution is 7.81. The second kappa shape index (κ2) is 7.91. The van der Waals surface area contributed by atoms with Crippen molar-refractivity contribution in [3.05, 3.63) is 0 Å². The molecular weight excluding hydrogens is 444 g/mol. The smallest absolute Gasteiger partial charge is 0.264 e. The molecule has 0 saturated heterocycles. The molecule has 4 aliphatic carbocycles. The lowest BCUT2D eigenvalue weighted by atomic mass is 9.44. The SMILES string of the molecule is C[C@H](OS(=O)(=O)O)[C@H]1CC[C@H]2[C@@H]3CC[C@H]4C[C@H](OS(=O)(=O)O)CC[C@]4(C)[C@H]3CC[C@]12C. The molecule has 10 heteroatoms. The lowest BCUT2D eigenvalue weighted by Crippen LogP contribution is -2.54. The molecule has 180 valence electrons. The first-order valence-electron chi connectivity index (χ1n) is 11.5. The van der Waals surface area contributed by atoms with Crippen LogP contribution in [0.5, 0.6) is 0 Å². The fourth-order valence-electron chi connectivity index (χ4n) is 8.55. The predicted octanol–water partition coefficient (Wildman–Crippen LogP) is 4.04. The Balaban J connectivity index is 1.50. The van der Waals surface area contributed by atoms with Gasteiger partial charge in [-0.2, -0.15) is 16.8 Å². The maximum absolute atomic E-state index is 11.3. The molecule has 8 nitrogen and oxygen atoms in total. The maximum atomic E-state index is 11.3. The standard InChI is InChI=1S/C21H36O8S2/c1-13(28-30(22,23)24)17-6-7-18-16-5-4-14-12-15(29-31(25,26)27)8-10-20(14,2)19(16)9-11-21(17,18)3/h13-19H,4-12H2,1-3H3,(H,22,23,24)(H,25,26,27)/t13-,14-,15+,16-,17+,18-,19-,20-,21+/m0/s1. The third-order valence-corrected chi connectivity index (χ3v) is 10.9. The van der Waals surface area contributed by atoms with E-state index in [0.717, 1.165) is 44.9 Å². The first-order valence-corrected chi connectivity index (χ1v) is 14.3. The highest BCUT2D eigenvalue weighted by Gasteiger charge is 2.61. The van der Waals surface area contributed by atoms with E-state index in [4.69, 9.17) is 17.5 Å². The average Bonchev–Trinajstić information content (AvgIpc) is 2.97. The van der Waals surface area contributed by atoms with Crippen molar-refractivity contribution in [3.8, 4) is 0 Å². The molecule has 0 heterocycles. The van der Waals surface area contributed by atoms with Crippen molar-refractivity contribution in [3.63, 3.8) is 0 Å². The van der Waals surface area contributed by atoms with Gasteiger partial charge >= 0.3 is 20.8 Å². The summed E-state index contributed by atoms with van der Waals surface area (Å²) in [6, 6.07) is 0. The summed E-state index contributed by atoms with van der Waals surface area (Å²) in [5, 5.41) is 0. The van der Waals surface area contributed by atoms with Crippen LogP contribution >= 0.6 is 0 Å². The molecule has 0 amide bonds. The van der Waals surface area contributed by atoms with Crippen LogP contribution in [0.2, 0.25) is 0 Å². The first kappa shape index (κ1) is 23.9. The molecule has 0 radical (unpaired) electrons. The summed E-state index contributed by atoms with van der Waals surface area (Å²) in [7, 11) is -8.89. The van der Waals surface area contributed by atoms with E-state index >= 15 is 0 Å². The normalized spacial score (nSPS) is 46.6. The molecule has 4 saturated carbocycles. The monoisotopic (exact) mass is 480 g/mol. The zero-order valence-electron chi connectivity index (χ0n) is 18.6. The van der Waals surface area contributed by atoms with Crippen molar-refractivity contribution >= 4 is 20.8 Å². The van der Waals surface area contributed by atoms with E-state index in [-0.39, 0.29) is 16.7 Å². The van der Waals surface area contributed by atoms with E-state index in [9.17, 15) is 16.8 Å². The van der Waals surface area contributed by atoms with E-state index < -0.39 is 33.0 Å². The Hall–Kier alpha value is -0.260. The summed E-state index contributed by atoms with van der Waals surface area (Å²) in [6.45, 7) is 6.39. The van der Waals surface area contributed by atoms with Crippen molar-refractivity contribution in [1.82, 2.24) is 0 Å².